The van der Waals surface area contributed by atoms with Gasteiger partial charge in [0.15, 0.2) is 5.78 Å². The van der Waals surface area contributed by atoms with Crippen LogP contribution in [0.15, 0.2) is 24.4 Å². The van der Waals surface area contributed by atoms with E-state index < -0.39 is 17.4 Å². The Hall–Kier alpha value is -2.04. The number of halogens is 2. The summed E-state index contributed by atoms with van der Waals surface area (Å²) in [7, 11) is 1.67. The summed E-state index contributed by atoms with van der Waals surface area (Å²) in [5.41, 5.74) is 0.682. The number of rotatable bonds is 2. The summed E-state index contributed by atoms with van der Waals surface area (Å²) in [5.74, 6) is -2.06. The van der Waals surface area contributed by atoms with Crippen LogP contribution in [-0.2, 0) is 7.05 Å². The van der Waals surface area contributed by atoms with Crippen LogP contribution in [0, 0.1) is 18.6 Å². The first-order chi connectivity index (χ1) is 7.99. The molecule has 0 N–H and O–H groups in total. The molecular formula is C12H10F2N2O. The van der Waals surface area contributed by atoms with Gasteiger partial charge in [0.05, 0.1) is 16.8 Å². The highest BCUT2D eigenvalue weighted by Crippen LogP contribution is 2.16. The molecule has 0 amide bonds. The van der Waals surface area contributed by atoms with Crippen molar-refractivity contribution in [2.24, 2.45) is 7.05 Å². The van der Waals surface area contributed by atoms with Crippen molar-refractivity contribution in [3.63, 3.8) is 0 Å². The quantitative estimate of drug-likeness (QED) is 0.749. The molecule has 17 heavy (non-hydrogen) atoms. The molecule has 1 aromatic heterocycles. The Morgan fingerprint density at radius 2 is 2.00 bits per heavy atom. The number of hydrogen-bond acceptors (Lipinski definition) is 2. The van der Waals surface area contributed by atoms with Crippen molar-refractivity contribution >= 4 is 5.78 Å². The second-order valence-corrected chi connectivity index (χ2v) is 3.76. The fourth-order valence-corrected chi connectivity index (χ4v) is 1.64. The van der Waals surface area contributed by atoms with Gasteiger partial charge >= 0.3 is 0 Å². The van der Waals surface area contributed by atoms with Gasteiger partial charge in [-0.2, -0.15) is 5.10 Å². The molecule has 2 rings (SSSR count). The molecule has 0 radical (unpaired) electrons. The van der Waals surface area contributed by atoms with E-state index >= 15 is 0 Å². The van der Waals surface area contributed by atoms with Crippen LogP contribution in [0.25, 0.3) is 0 Å². The first kappa shape index (κ1) is 11.4. The van der Waals surface area contributed by atoms with E-state index in [2.05, 4.69) is 5.10 Å². The first-order valence-corrected chi connectivity index (χ1v) is 4.99. The van der Waals surface area contributed by atoms with Crippen LogP contribution >= 0.6 is 0 Å². The van der Waals surface area contributed by atoms with E-state index in [-0.39, 0.29) is 5.56 Å². The number of carbonyl (C=O) groups excluding carboxylic acids is 1. The molecule has 0 saturated carbocycles. The highest BCUT2D eigenvalue weighted by atomic mass is 19.1. The SMILES string of the molecule is Cc1nn(C)cc1C(=O)c1ccc(F)cc1F. The Morgan fingerprint density at radius 1 is 1.29 bits per heavy atom. The zero-order valence-electron chi connectivity index (χ0n) is 9.37. The summed E-state index contributed by atoms with van der Waals surface area (Å²) < 4.78 is 27.6. The number of ketones is 1. The topological polar surface area (TPSA) is 34.9 Å². The Bertz CT molecular complexity index is 590. The van der Waals surface area contributed by atoms with Crippen LogP contribution < -0.4 is 0 Å². The molecule has 0 fully saturated rings. The number of aryl methyl sites for hydroxylation is 2. The number of carbonyl (C=O) groups is 1. The average molecular weight is 236 g/mol. The molecule has 1 aromatic carbocycles. The maximum atomic E-state index is 13.4. The third-order valence-electron chi connectivity index (χ3n) is 2.43. The van der Waals surface area contributed by atoms with Gasteiger partial charge in [0.25, 0.3) is 0 Å². The summed E-state index contributed by atoms with van der Waals surface area (Å²) in [6, 6.07) is 2.89. The van der Waals surface area contributed by atoms with Gasteiger partial charge in [-0.25, -0.2) is 8.78 Å². The minimum absolute atomic E-state index is 0.150. The lowest BCUT2D eigenvalue weighted by Gasteiger charge is -2.01. The number of hydrogen-bond donors (Lipinski definition) is 0. The van der Waals surface area contributed by atoms with E-state index in [1.54, 1.807) is 14.0 Å². The Labute approximate surface area is 96.7 Å². The van der Waals surface area contributed by atoms with E-state index in [0.29, 0.717) is 17.3 Å². The lowest BCUT2D eigenvalue weighted by atomic mass is 10.0. The molecule has 5 heteroatoms. The van der Waals surface area contributed by atoms with Crippen molar-refractivity contribution in [3.05, 3.63) is 52.9 Å². The molecule has 0 unspecified atom stereocenters. The fourth-order valence-electron chi connectivity index (χ4n) is 1.64. The van der Waals surface area contributed by atoms with E-state index in [1.807, 2.05) is 0 Å². The van der Waals surface area contributed by atoms with Crippen LogP contribution in [0.5, 0.6) is 0 Å². The Balaban J connectivity index is 2.47. The summed E-state index contributed by atoms with van der Waals surface area (Å²) in [6.45, 7) is 1.66. The average Bonchev–Trinajstić information content (AvgIpc) is 2.57. The summed E-state index contributed by atoms with van der Waals surface area (Å²) in [6.07, 6.45) is 1.51. The standard InChI is InChI=1S/C12H10F2N2O/c1-7-10(6-16(2)15-7)12(17)9-4-3-8(13)5-11(9)14/h3-6H,1-2H3. The normalized spacial score (nSPS) is 10.6. The van der Waals surface area contributed by atoms with Crippen molar-refractivity contribution in [2.45, 2.75) is 6.92 Å². The first-order valence-electron chi connectivity index (χ1n) is 4.99. The molecule has 2 aromatic rings. The second kappa shape index (κ2) is 4.08. The molecule has 0 aliphatic carbocycles. The molecule has 0 aliphatic rings. The highest BCUT2D eigenvalue weighted by Gasteiger charge is 2.18. The molecule has 0 saturated heterocycles. The van der Waals surface area contributed by atoms with Gasteiger partial charge in [-0.1, -0.05) is 0 Å². The highest BCUT2D eigenvalue weighted by molar-refractivity contribution is 6.09. The van der Waals surface area contributed by atoms with Crippen LogP contribution in [0.2, 0.25) is 0 Å². The number of aromatic nitrogens is 2. The minimum atomic E-state index is -0.863. The van der Waals surface area contributed by atoms with Gasteiger partial charge in [-0.15, -0.1) is 0 Å². The summed E-state index contributed by atoms with van der Waals surface area (Å²) in [4.78, 5) is 12.0. The van der Waals surface area contributed by atoms with Gasteiger partial charge in [0.2, 0.25) is 0 Å². The van der Waals surface area contributed by atoms with E-state index in [0.717, 1.165) is 12.1 Å². The molecular weight excluding hydrogens is 226 g/mol. The fraction of sp³-hybridized carbons (Fsp3) is 0.167. The van der Waals surface area contributed by atoms with E-state index in [4.69, 9.17) is 0 Å². The predicted molar refractivity (Wildman–Crippen MR) is 57.7 cm³/mol. The zero-order chi connectivity index (χ0) is 12.6. The van der Waals surface area contributed by atoms with Crippen molar-refractivity contribution < 1.29 is 13.6 Å². The molecule has 0 aliphatic heterocycles. The second-order valence-electron chi connectivity index (χ2n) is 3.76. The third kappa shape index (κ3) is 2.08. The van der Waals surface area contributed by atoms with Crippen molar-refractivity contribution in [3.8, 4) is 0 Å². The van der Waals surface area contributed by atoms with Crippen LogP contribution in [0.3, 0.4) is 0 Å². The zero-order valence-corrected chi connectivity index (χ0v) is 9.37. The maximum Gasteiger partial charge on any atom is 0.199 e. The minimum Gasteiger partial charge on any atom is -0.288 e. The lowest BCUT2D eigenvalue weighted by Crippen LogP contribution is -2.05. The van der Waals surface area contributed by atoms with E-state index in [1.165, 1.54) is 10.9 Å². The smallest absolute Gasteiger partial charge is 0.199 e. The molecule has 0 spiro atoms. The van der Waals surface area contributed by atoms with Gasteiger partial charge in [-0.05, 0) is 19.1 Å². The molecule has 88 valence electrons. The Morgan fingerprint density at radius 3 is 2.53 bits per heavy atom. The number of nitrogens with zero attached hydrogens (tertiary/aromatic N) is 2. The molecule has 0 atom stereocenters. The lowest BCUT2D eigenvalue weighted by molar-refractivity contribution is 0.103. The summed E-state index contributed by atoms with van der Waals surface area (Å²) >= 11 is 0. The van der Waals surface area contributed by atoms with Crippen LogP contribution in [0.1, 0.15) is 21.6 Å². The van der Waals surface area contributed by atoms with Gasteiger partial charge in [0, 0.05) is 19.3 Å². The van der Waals surface area contributed by atoms with Gasteiger partial charge < -0.3 is 0 Å². The molecule has 1 heterocycles. The third-order valence-corrected chi connectivity index (χ3v) is 2.43. The van der Waals surface area contributed by atoms with E-state index in [9.17, 15) is 13.6 Å². The number of benzene rings is 1. The van der Waals surface area contributed by atoms with Gasteiger partial charge in [-0.3, -0.25) is 9.48 Å². The van der Waals surface area contributed by atoms with Crippen LogP contribution in [-0.4, -0.2) is 15.6 Å². The van der Waals surface area contributed by atoms with Gasteiger partial charge in [0.1, 0.15) is 11.6 Å². The monoisotopic (exact) mass is 236 g/mol. The van der Waals surface area contributed by atoms with Crippen LogP contribution in [0.4, 0.5) is 8.78 Å². The van der Waals surface area contributed by atoms with Crippen molar-refractivity contribution in [1.82, 2.24) is 9.78 Å². The van der Waals surface area contributed by atoms with Crippen molar-refractivity contribution in [2.75, 3.05) is 0 Å². The summed E-state index contributed by atoms with van der Waals surface area (Å²) in [5, 5.41) is 4.00. The van der Waals surface area contributed by atoms with Crippen molar-refractivity contribution in [1.29, 1.82) is 0 Å². The Kier molecular flexibility index (Phi) is 2.75. The molecule has 0 bridgehead atoms. The predicted octanol–water partition coefficient (Wildman–Crippen LogP) is 2.24. The maximum absolute atomic E-state index is 13.4. The largest absolute Gasteiger partial charge is 0.288 e. The molecule has 3 nitrogen and oxygen atoms in total.